The van der Waals surface area contributed by atoms with Crippen LogP contribution >= 0.6 is 0 Å². The van der Waals surface area contributed by atoms with E-state index in [0.717, 1.165) is 17.2 Å². The van der Waals surface area contributed by atoms with E-state index in [0.29, 0.717) is 6.54 Å². The van der Waals surface area contributed by atoms with Crippen LogP contribution in [0.3, 0.4) is 0 Å². The standard InChI is InChI=1S/C13H13N5O/c19-13-16-7-8-18(13)11-3-1-10(2-4-11)17-9-12-14-5-6-15-12/h1-8,17H,9H2,(H,14,15)(H,16,19). The van der Waals surface area contributed by atoms with Crippen molar-refractivity contribution in [2.45, 2.75) is 6.54 Å². The summed E-state index contributed by atoms with van der Waals surface area (Å²) < 4.78 is 1.55. The van der Waals surface area contributed by atoms with E-state index in [1.165, 1.54) is 0 Å². The van der Waals surface area contributed by atoms with Crippen molar-refractivity contribution >= 4 is 5.69 Å². The molecule has 96 valence electrons. The molecule has 0 aliphatic rings. The molecule has 0 aliphatic heterocycles. The van der Waals surface area contributed by atoms with Crippen molar-refractivity contribution in [3.05, 3.63) is 65.4 Å². The highest BCUT2D eigenvalue weighted by atomic mass is 16.1. The SMILES string of the molecule is O=c1[nH]ccn1-c1ccc(NCc2ncc[nH]2)cc1. The van der Waals surface area contributed by atoms with E-state index in [9.17, 15) is 4.79 Å². The lowest BCUT2D eigenvalue weighted by Crippen LogP contribution is -2.13. The summed E-state index contributed by atoms with van der Waals surface area (Å²) in [6.07, 6.45) is 6.83. The van der Waals surface area contributed by atoms with Gasteiger partial charge in [0.15, 0.2) is 0 Å². The monoisotopic (exact) mass is 255 g/mol. The highest BCUT2D eigenvalue weighted by molar-refractivity contribution is 5.48. The van der Waals surface area contributed by atoms with E-state index in [4.69, 9.17) is 0 Å². The number of hydrogen-bond donors (Lipinski definition) is 3. The fourth-order valence-corrected chi connectivity index (χ4v) is 1.84. The van der Waals surface area contributed by atoms with E-state index >= 15 is 0 Å². The fraction of sp³-hybridized carbons (Fsp3) is 0.0769. The Morgan fingerprint density at radius 2 is 2.00 bits per heavy atom. The number of H-pyrrole nitrogens is 2. The Morgan fingerprint density at radius 3 is 2.63 bits per heavy atom. The first-order valence-corrected chi connectivity index (χ1v) is 5.91. The molecule has 0 radical (unpaired) electrons. The molecular formula is C13H13N5O. The number of anilines is 1. The summed E-state index contributed by atoms with van der Waals surface area (Å²) in [7, 11) is 0. The van der Waals surface area contributed by atoms with E-state index in [1.54, 1.807) is 29.4 Å². The Labute approximate surface area is 109 Å². The van der Waals surface area contributed by atoms with Crippen molar-refractivity contribution in [1.82, 2.24) is 19.5 Å². The third kappa shape index (κ3) is 2.42. The molecule has 0 atom stereocenters. The first-order chi connectivity index (χ1) is 9.33. The molecule has 0 saturated heterocycles. The number of aromatic amines is 2. The van der Waals surface area contributed by atoms with Crippen LogP contribution in [0.15, 0.2) is 53.8 Å². The number of imidazole rings is 2. The van der Waals surface area contributed by atoms with Crippen LogP contribution in [0.1, 0.15) is 5.82 Å². The third-order valence-electron chi connectivity index (χ3n) is 2.81. The van der Waals surface area contributed by atoms with Gasteiger partial charge in [0.05, 0.1) is 12.2 Å². The Hall–Kier alpha value is -2.76. The summed E-state index contributed by atoms with van der Waals surface area (Å²) in [6.45, 7) is 0.635. The van der Waals surface area contributed by atoms with E-state index in [-0.39, 0.29) is 5.69 Å². The zero-order chi connectivity index (χ0) is 13.1. The van der Waals surface area contributed by atoms with Gasteiger partial charge in [0.25, 0.3) is 0 Å². The zero-order valence-corrected chi connectivity index (χ0v) is 10.1. The number of nitrogens with one attached hydrogen (secondary N) is 3. The number of rotatable bonds is 4. The first-order valence-electron chi connectivity index (χ1n) is 5.91. The molecule has 19 heavy (non-hydrogen) atoms. The molecule has 2 heterocycles. The van der Waals surface area contributed by atoms with Gasteiger partial charge in [-0.1, -0.05) is 0 Å². The number of aromatic nitrogens is 4. The largest absolute Gasteiger partial charge is 0.378 e. The summed E-state index contributed by atoms with van der Waals surface area (Å²) in [5.41, 5.74) is 1.66. The molecule has 0 saturated carbocycles. The highest BCUT2D eigenvalue weighted by Crippen LogP contribution is 2.12. The van der Waals surface area contributed by atoms with Gasteiger partial charge in [0.2, 0.25) is 0 Å². The topological polar surface area (TPSA) is 78.5 Å². The van der Waals surface area contributed by atoms with Gasteiger partial charge in [-0.05, 0) is 24.3 Å². The molecular weight excluding hydrogens is 242 g/mol. The van der Waals surface area contributed by atoms with E-state index in [2.05, 4.69) is 20.3 Å². The Morgan fingerprint density at radius 1 is 1.16 bits per heavy atom. The van der Waals surface area contributed by atoms with Crippen molar-refractivity contribution < 1.29 is 0 Å². The molecule has 1 aromatic carbocycles. The molecule has 0 spiro atoms. The van der Waals surface area contributed by atoms with Gasteiger partial charge in [-0.25, -0.2) is 9.78 Å². The Bertz CT molecular complexity index is 693. The predicted octanol–water partition coefficient (Wildman–Crippen LogP) is 1.50. The molecule has 0 amide bonds. The predicted molar refractivity (Wildman–Crippen MR) is 72.3 cm³/mol. The maximum absolute atomic E-state index is 11.5. The lowest BCUT2D eigenvalue weighted by atomic mass is 10.2. The lowest BCUT2D eigenvalue weighted by Gasteiger charge is -2.06. The quantitative estimate of drug-likeness (QED) is 0.661. The minimum atomic E-state index is -0.142. The molecule has 2 aromatic heterocycles. The van der Waals surface area contributed by atoms with Crippen molar-refractivity contribution in [3.63, 3.8) is 0 Å². The average Bonchev–Trinajstić information content (AvgIpc) is 3.08. The van der Waals surface area contributed by atoms with Gasteiger partial charge < -0.3 is 15.3 Å². The van der Waals surface area contributed by atoms with Gasteiger partial charge in [-0.2, -0.15) is 0 Å². The second-order valence-electron chi connectivity index (χ2n) is 4.07. The van der Waals surface area contributed by atoms with Crippen molar-refractivity contribution in [1.29, 1.82) is 0 Å². The lowest BCUT2D eigenvalue weighted by molar-refractivity contribution is 0.982. The van der Waals surface area contributed by atoms with Crippen molar-refractivity contribution in [2.75, 3.05) is 5.32 Å². The van der Waals surface area contributed by atoms with Crippen molar-refractivity contribution in [2.24, 2.45) is 0 Å². The molecule has 0 bridgehead atoms. The van der Waals surface area contributed by atoms with Crippen LogP contribution in [0.2, 0.25) is 0 Å². The maximum atomic E-state index is 11.5. The zero-order valence-electron chi connectivity index (χ0n) is 10.1. The van der Waals surface area contributed by atoms with Crippen molar-refractivity contribution in [3.8, 4) is 5.69 Å². The Kier molecular flexibility index (Phi) is 2.89. The van der Waals surface area contributed by atoms with E-state index < -0.39 is 0 Å². The summed E-state index contributed by atoms with van der Waals surface area (Å²) in [5.74, 6) is 0.880. The van der Waals surface area contributed by atoms with Crippen LogP contribution in [0.25, 0.3) is 5.69 Å². The molecule has 0 fully saturated rings. The third-order valence-corrected chi connectivity index (χ3v) is 2.81. The summed E-state index contributed by atoms with van der Waals surface area (Å²) >= 11 is 0. The second-order valence-corrected chi connectivity index (χ2v) is 4.07. The molecule has 0 unspecified atom stereocenters. The first kappa shape index (κ1) is 11.3. The van der Waals surface area contributed by atoms with Crippen LogP contribution in [0.5, 0.6) is 0 Å². The molecule has 3 rings (SSSR count). The summed E-state index contributed by atoms with van der Waals surface area (Å²) in [5, 5.41) is 3.25. The van der Waals surface area contributed by atoms with Crippen LogP contribution in [-0.2, 0) is 6.54 Å². The number of hydrogen-bond acceptors (Lipinski definition) is 3. The number of nitrogens with zero attached hydrogens (tertiary/aromatic N) is 2. The minimum Gasteiger partial charge on any atom is -0.378 e. The summed E-state index contributed by atoms with van der Waals surface area (Å²) in [6, 6.07) is 7.63. The maximum Gasteiger partial charge on any atom is 0.330 e. The normalized spacial score (nSPS) is 10.5. The van der Waals surface area contributed by atoms with Crippen LogP contribution in [-0.4, -0.2) is 19.5 Å². The molecule has 6 nitrogen and oxygen atoms in total. The second kappa shape index (κ2) is 4.85. The van der Waals surface area contributed by atoms with Crippen LogP contribution in [0.4, 0.5) is 5.69 Å². The van der Waals surface area contributed by atoms with Gasteiger partial charge >= 0.3 is 5.69 Å². The van der Waals surface area contributed by atoms with Gasteiger partial charge in [0.1, 0.15) is 5.82 Å². The highest BCUT2D eigenvalue weighted by Gasteiger charge is 2.00. The molecule has 3 aromatic rings. The molecule has 3 N–H and O–H groups in total. The average molecular weight is 255 g/mol. The summed E-state index contributed by atoms with van der Waals surface area (Å²) in [4.78, 5) is 21.2. The van der Waals surface area contributed by atoms with Crippen LogP contribution < -0.4 is 11.0 Å². The fourth-order valence-electron chi connectivity index (χ4n) is 1.84. The molecule has 6 heteroatoms. The van der Waals surface area contributed by atoms with Crippen LogP contribution in [0, 0.1) is 0 Å². The van der Waals surface area contributed by atoms with Gasteiger partial charge in [-0.3, -0.25) is 4.57 Å². The smallest absolute Gasteiger partial charge is 0.330 e. The van der Waals surface area contributed by atoms with Gasteiger partial charge in [-0.15, -0.1) is 0 Å². The molecule has 0 aliphatic carbocycles. The van der Waals surface area contributed by atoms with Gasteiger partial charge in [0, 0.05) is 30.5 Å². The van der Waals surface area contributed by atoms with E-state index in [1.807, 2.05) is 24.3 Å². The number of benzene rings is 1. The minimum absolute atomic E-state index is 0.142. The Balaban J connectivity index is 1.72.